The molecule has 1 aliphatic rings. The first-order chi connectivity index (χ1) is 9.24. The van der Waals surface area contributed by atoms with Crippen LogP contribution < -0.4 is 5.32 Å². The molecule has 1 aliphatic carbocycles. The van der Waals surface area contributed by atoms with Gasteiger partial charge in [-0.2, -0.15) is 0 Å². The van der Waals surface area contributed by atoms with Crippen molar-refractivity contribution < 1.29 is 14.7 Å². The third-order valence-corrected chi connectivity index (χ3v) is 4.18. The van der Waals surface area contributed by atoms with Crippen LogP contribution in [0.4, 0.5) is 0 Å². The number of amides is 1. The van der Waals surface area contributed by atoms with Crippen LogP contribution in [0.2, 0.25) is 0 Å². The molecule has 0 aromatic heterocycles. The molecule has 0 spiro atoms. The average Bonchev–Trinajstić information content (AvgIpc) is 2.38. The van der Waals surface area contributed by atoms with Gasteiger partial charge >= 0.3 is 5.97 Å². The van der Waals surface area contributed by atoms with Crippen molar-refractivity contribution in [2.24, 2.45) is 5.41 Å². The summed E-state index contributed by atoms with van der Waals surface area (Å²) in [4.78, 5) is 25.3. The van der Waals surface area contributed by atoms with Crippen molar-refractivity contribution in [2.75, 3.05) is 13.6 Å². The number of carboxylic acid groups (broad SMARTS) is 1. The summed E-state index contributed by atoms with van der Waals surface area (Å²) in [5, 5.41) is 11.4. The van der Waals surface area contributed by atoms with Gasteiger partial charge in [-0.1, -0.05) is 19.3 Å². The van der Waals surface area contributed by atoms with E-state index in [0.29, 0.717) is 12.6 Å². The zero-order valence-corrected chi connectivity index (χ0v) is 13.1. The SMILES string of the molecule is CC(NC(=O)C(C)(C)CN(C)C1CCCCC1)C(=O)O. The summed E-state index contributed by atoms with van der Waals surface area (Å²) in [5.74, 6) is -1.20. The molecule has 5 nitrogen and oxygen atoms in total. The smallest absolute Gasteiger partial charge is 0.325 e. The number of rotatable bonds is 6. The van der Waals surface area contributed by atoms with E-state index in [1.54, 1.807) is 0 Å². The van der Waals surface area contributed by atoms with Crippen molar-refractivity contribution in [3.05, 3.63) is 0 Å². The van der Waals surface area contributed by atoms with Crippen LogP contribution in [0.15, 0.2) is 0 Å². The van der Waals surface area contributed by atoms with Gasteiger partial charge in [-0.05, 0) is 40.7 Å². The molecule has 20 heavy (non-hydrogen) atoms. The highest BCUT2D eigenvalue weighted by atomic mass is 16.4. The van der Waals surface area contributed by atoms with Crippen LogP contribution in [-0.2, 0) is 9.59 Å². The van der Waals surface area contributed by atoms with Gasteiger partial charge in [0, 0.05) is 12.6 Å². The van der Waals surface area contributed by atoms with E-state index in [2.05, 4.69) is 17.3 Å². The Bertz CT molecular complexity index is 349. The van der Waals surface area contributed by atoms with Crippen LogP contribution in [0.1, 0.15) is 52.9 Å². The maximum Gasteiger partial charge on any atom is 0.325 e. The Balaban J connectivity index is 2.54. The maximum absolute atomic E-state index is 12.2. The number of hydrogen-bond acceptors (Lipinski definition) is 3. The molecule has 0 heterocycles. The lowest BCUT2D eigenvalue weighted by atomic mass is 9.88. The van der Waals surface area contributed by atoms with E-state index < -0.39 is 17.4 Å². The molecule has 0 aromatic carbocycles. The first kappa shape index (κ1) is 17.0. The monoisotopic (exact) mass is 284 g/mol. The number of nitrogens with one attached hydrogen (secondary N) is 1. The summed E-state index contributed by atoms with van der Waals surface area (Å²) in [7, 11) is 2.06. The van der Waals surface area contributed by atoms with Crippen LogP contribution in [0, 0.1) is 5.41 Å². The fourth-order valence-electron chi connectivity index (χ4n) is 2.80. The zero-order chi connectivity index (χ0) is 15.3. The van der Waals surface area contributed by atoms with Gasteiger partial charge in [-0.15, -0.1) is 0 Å². The molecular weight excluding hydrogens is 256 g/mol. The van der Waals surface area contributed by atoms with Gasteiger partial charge in [0.25, 0.3) is 0 Å². The van der Waals surface area contributed by atoms with Gasteiger partial charge in [-0.25, -0.2) is 0 Å². The fourth-order valence-corrected chi connectivity index (χ4v) is 2.80. The minimum atomic E-state index is -1.00. The molecule has 5 heteroatoms. The van der Waals surface area contributed by atoms with Crippen LogP contribution >= 0.6 is 0 Å². The molecule has 0 radical (unpaired) electrons. The zero-order valence-electron chi connectivity index (χ0n) is 13.1. The highest BCUT2D eigenvalue weighted by molar-refractivity contribution is 5.86. The normalized spacial score (nSPS) is 18.9. The van der Waals surface area contributed by atoms with Crippen molar-refractivity contribution in [3.63, 3.8) is 0 Å². The Hall–Kier alpha value is -1.10. The van der Waals surface area contributed by atoms with E-state index >= 15 is 0 Å². The van der Waals surface area contributed by atoms with Crippen LogP contribution in [0.5, 0.6) is 0 Å². The fraction of sp³-hybridized carbons (Fsp3) is 0.867. The number of nitrogens with zero attached hydrogens (tertiary/aromatic N) is 1. The van der Waals surface area contributed by atoms with Crippen molar-refractivity contribution in [1.29, 1.82) is 0 Å². The Labute approximate surface area is 121 Å². The molecule has 2 N–H and O–H groups in total. The molecular formula is C15H28N2O3. The molecule has 1 atom stereocenters. The second-order valence-electron chi connectivity index (χ2n) is 6.62. The molecule has 0 aliphatic heterocycles. The molecule has 0 saturated heterocycles. The summed E-state index contributed by atoms with van der Waals surface area (Å²) in [6.07, 6.45) is 6.22. The van der Waals surface area contributed by atoms with Gasteiger partial charge < -0.3 is 15.3 Å². The largest absolute Gasteiger partial charge is 0.480 e. The van der Waals surface area contributed by atoms with Crippen LogP contribution in [0.3, 0.4) is 0 Å². The van der Waals surface area contributed by atoms with Gasteiger partial charge in [0.1, 0.15) is 6.04 Å². The third-order valence-electron chi connectivity index (χ3n) is 4.18. The number of carboxylic acids is 1. The molecule has 1 saturated carbocycles. The maximum atomic E-state index is 12.2. The summed E-state index contributed by atoms with van der Waals surface area (Å²) in [6, 6.07) is -0.297. The average molecular weight is 284 g/mol. The minimum Gasteiger partial charge on any atom is -0.480 e. The van der Waals surface area contributed by atoms with Crippen LogP contribution in [0.25, 0.3) is 0 Å². The lowest BCUT2D eigenvalue weighted by molar-refractivity contribution is -0.143. The number of carbonyl (C=O) groups excluding carboxylic acids is 1. The van der Waals surface area contributed by atoms with E-state index in [9.17, 15) is 9.59 Å². The molecule has 0 bridgehead atoms. The standard InChI is InChI=1S/C15H28N2O3/c1-11(13(18)19)16-14(20)15(2,3)10-17(4)12-8-6-5-7-9-12/h11-12H,5-10H2,1-4H3,(H,16,20)(H,18,19). The van der Waals surface area contributed by atoms with Gasteiger partial charge in [0.05, 0.1) is 5.41 Å². The highest BCUT2D eigenvalue weighted by Gasteiger charge is 2.33. The van der Waals surface area contributed by atoms with Crippen molar-refractivity contribution >= 4 is 11.9 Å². The van der Waals surface area contributed by atoms with Crippen LogP contribution in [-0.4, -0.2) is 47.6 Å². The first-order valence-corrected chi connectivity index (χ1v) is 7.48. The molecule has 1 rings (SSSR count). The predicted octanol–water partition coefficient (Wildman–Crippen LogP) is 1.87. The number of aliphatic carboxylic acids is 1. The second-order valence-corrected chi connectivity index (χ2v) is 6.62. The van der Waals surface area contributed by atoms with E-state index in [1.165, 1.54) is 39.0 Å². The topological polar surface area (TPSA) is 69.6 Å². The third kappa shape index (κ3) is 4.78. The Morgan fingerprint density at radius 2 is 1.85 bits per heavy atom. The summed E-state index contributed by atoms with van der Waals surface area (Å²) < 4.78 is 0. The predicted molar refractivity (Wildman–Crippen MR) is 78.5 cm³/mol. The molecule has 1 amide bonds. The van der Waals surface area contributed by atoms with Crippen molar-refractivity contribution in [3.8, 4) is 0 Å². The summed E-state index contributed by atoms with van der Waals surface area (Å²) in [6.45, 7) is 5.88. The Morgan fingerprint density at radius 1 is 1.30 bits per heavy atom. The van der Waals surface area contributed by atoms with E-state index in [4.69, 9.17) is 5.11 Å². The van der Waals surface area contributed by atoms with Gasteiger partial charge in [0.2, 0.25) is 5.91 Å². The van der Waals surface area contributed by atoms with E-state index in [0.717, 1.165) is 0 Å². The lowest BCUT2D eigenvalue weighted by Gasteiger charge is -2.36. The number of carbonyl (C=O) groups is 2. The van der Waals surface area contributed by atoms with Crippen molar-refractivity contribution in [1.82, 2.24) is 10.2 Å². The van der Waals surface area contributed by atoms with E-state index in [-0.39, 0.29) is 5.91 Å². The first-order valence-electron chi connectivity index (χ1n) is 7.48. The Morgan fingerprint density at radius 3 is 2.35 bits per heavy atom. The summed E-state index contributed by atoms with van der Waals surface area (Å²) >= 11 is 0. The van der Waals surface area contributed by atoms with Crippen molar-refractivity contribution in [2.45, 2.75) is 65.0 Å². The quantitative estimate of drug-likeness (QED) is 0.781. The molecule has 0 aromatic rings. The van der Waals surface area contributed by atoms with Gasteiger partial charge in [-0.3, -0.25) is 9.59 Å². The summed E-state index contributed by atoms with van der Waals surface area (Å²) in [5.41, 5.74) is -0.587. The molecule has 1 unspecified atom stereocenters. The minimum absolute atomic E-state index is 0.199. The second kappa shape index (κ2) is 7.07. The Kier molecular flexibility index (Phi) is 5.99. The molecule has 116 valence electrons. The van der Waals surface area contributed by atoms with Gasteiger partial charge in [0.15, 0.2) is 0 Å². The number of hydrogen-bond donors (Lipinski definition) is 2. The molecule has 1 fully saturated rings. The highest BCUT2D eigenvalue weighted by Crippen LogP contribution is 2.25. The lowest BCUT2D eigenvalue weighted by Crippen LogP contribution is -2.50. The van der Waals surface area contributed by atoms with E-state index in [1.807, 2.05) is 13.8 Å².